The Morgan fingerprint density at radius 2 is 2.21 bits per heavy atom. The molecule has 1 aliphatic carbocycles. The summed E-state index contributed by atoms with van der Waals surface area (Å²) in [6.07, 6.45) is -1.88. The Balaban J connectivity index is 2.52. The van der Waals surface area contributed by atoms with Gasteiger partial charge in [0.25, 0.3) is 0 Å². The molecule has 0 amide bonds. The summed E-state index contributed by atoms with van der Waals surface area (Å²) >= 11 is 0. The molecule has 2 unspecified atom stereocenters. The third-order valence-corrected chi connectivity index (χ3v) is 2.73. The molecule has 0 saturated heterocycles. The maximum absolute atomic E-state index is 12.3. The van der Waals surface area contributed by atoms with Crippen LogP contribution in [-0.2, 0) is 14.6 Å². The number of halogens is 2. The molecule has 1 rings (SSSR count). The highest BCUT2D eigenvalue weighted by Crippen LogP contribution is 2.58. The van der Waals surface area contributed by atoms with Crippen molar-refractivity contribution in [2.75, 3.05) is 6.61 Å². The second-order valence-electron chi connectivity index (χ2n) is 3.43. The average molecular weight is 208 g/mol. The lowest BCUT2D eigenvalue weighted by molar-refractivity contribution is -0.275. The molecule has 0 heterocycles. The molecular weight excluding hydrogens is 194 g/mol. The lowest BCUT2D eigenvalue weighted by Gasteiger charge is -2.11. The normalized spacial score (nSPS) is 30.5. The number of rotatable bonds is 5. The van der Waals surface area contributed by atoms with E-state index in [0.717, 1.165) is 0 Å². The van der Waals surface area contributed by atoms with Crippen LogP contribution in [0, 0.1) is 11.3 Å². The van der Waals surface area contributed by atoms with E-state index in [4.69, 9.17) is 0 Å². The first-order chi connectivity index (χ1) is 6.58. The fourth-order valence-electron chi connectivity index (χ4n) is 1.64. The fourth-order valence-corrected chi connectivity index (χ4v) is 1.64. The third kappa shape index (κ3) is 1.87. The van der Waals surface area contributed by atoms with Crippen LogP contribution in [0.3, 0.4) is 0 Å². The third-order valence-electron chi connectivity index (χ3n) is 2.73. The molecule has 0 radical (unpaired) electrons. The SMILES string of the molecule is CCOOC(=O)C1(CC)CC1C(F)F. The van der Waals surface area contributed by atoms with Gasteiger partial charge in [0, 0.05) is 5.92 Å². The maximum Gasteiger partial charge on any atom is 0.348 e. The molecular formula is C9H14F2O3. The molecule has 0 spiro atoms. The van der Waals surface area contributed by atoms with Gasteiger partial charge in [0.1, 0.15) is 0 Å². The standard InChI is InChI=1S/C9H14F2O3/c1-3-9(5-6(9)7(10)11)8(12)14-13-4-2/h6-7H,3-5H2,1-2H3. The average Bonchev–Trinajstić information content (AvgIpc) is 2.90. The molecule has 0 aromatic heterocycles. The van der Waals surface area contributed by atoms with E-state index in [1.807, 2.05) is 0 Å². The van der Waals surface area contributed by atoms with Crippen LogP contribution < -0.4 is 0 Å². The highest BCUT2D eigenvalue weighted by molar-refractivity contribution is 5.80. The maximum atomic E-state index is 12.3. The topological polar surface area (TPSA) is 35.5 Å². The van der Waals surface area contributed by atoms with Crippen LogP contribution in [0.1, 0.15) is 26.7 Å². The van der Waals surface area contributed by atoms with E-state index in [1.54, 1.807) is 13.8 Å². The van der Waals surface area contributed by atoms with Crippen molar-refractivity contribution in [3.05, 3.63) is 0 Å². The van der Waals surface area contributed by atoms with Crippen molar-refractivity contribution < 1.29 is 23.4 Å². The minimum Gasteiger partial charge on any atom is -0.298 e. The molecule has 3 nitrogen and oxygen atoms in total. The van der Waals surface area contributed by atoms with Crippen LogP contribution in [0.4, 0.5) is 8.78 Å². The lowest BCUT2D eigenvalue weighted by Crippen LogP contribution is -2.22. The first-order valence-corrected chi connectivity index (χ1v) is 4.70. The zero-order valence-electron chi connectivity index (χ0n) is 8.26. The summed E-state index contributed by atoms with van der Waals surface area (Å²) in [5, 5.41) is 0. The summed E-state index contributed by atoms with van der Waals surface area (Å²) < 4.78 is 24.7. The molecule has 14 heavy (non-hydrogen) atoms. The molecule has 5 heteroatoms. The molecule has 0 bridgehead atoms. The van der Waals surface area contributed by atoms with Gasteiger partial charge in [-0.3, -0.25) is 4.89 Å². The predicted octanol–water partition coefficient (Wildman–Crippen LogP) is 2.16. The van der Waals surface area contributed by atoms with Crippen molar-refractivity contribution in [2.24, 2.45) is 11.3 Å². The zero-order chi connectivity index (χ0) is 10.8. The Morgan fingerprint density at radius 1 is 1.57 bits per heavy atom. The highest BCUT2D eigenvalue weighted by Gasteiger charge is 2.64. The van der Waals surface area contributed by atoms with Gasteiger partial charge in [-0.15, -0.1) is 0 Å². The van der Waals surface area contributed by atoms with E-state index >= 15 is 0 Å². The number of carbonyl (C=O) groups is 1. The summed E-state index contributed by atoms with van der Waals surface area (Å²) in [6.45, 7) is 3.59. The summed E-state index contributed by atoms with van der Waals surface area (Å²) in [4.78, 5) is 20.2. The van der Waals surface area contributed by atoms with Crippen LogP contribution in [0.5, 0.6) is 0 Å². The van der Waals surface area contributed by atoms with E-state index in [9.17, 15) is 13.6 Å². The molecule has 0 aliphatic heterocycles. The predicted molar refractivity (Wildman–Crippen MR) is 44.6 cm³/mol. The van der Waals surface area contributed by atoms with Crippen LogP contribution >= 0.6 is 0 Å². The zero-order valence-corrected chi connectivity index (χ0v) is 8.26. The van der Waals surface area contributed by atoms with Gasteiger partial charge in [-0.05, 0) is 19.8 Å². The van der Waals surface area contributed by atoms with Gasteiger partial charge in [0.2, 0.25) is 6.43 Å². The van der Waals surface area contributed by atoms with Gasteiger partial charge in [0.05, 0.1) is 12.0 Å². The first-order valence-electron chi connectivity index (χ1n) is 4.70. The molecule has 1 saturated carbocycles. The quantitative estimate of drug-likeness (QED) is 0.513. The van der Waals surface area contributed by atoms with Gasteiger partial charge in [0.15, 0.2) is 0 Å². The van der Waals surface area contributed by atoms with Crippen molar-refractivity contribution in [2.45, 2.75) is 33.1 Å². The summed E-state index contributed by atoms with van der Waals surface area (Å²) in [6, 6.07) is 0. The van der Waals surface area contributed by atoms with E-state index in [0.29, 0.717) is 6.42 Å². The largest absolute Gasteiger partial charge is 0.348 e. The fraction of sp³-hybridized carbons (Fsp3) is 0.889. The Kier molecular flexibility index (Phi) is 3.42. The summed E-state index contributed by atoms with van der Waals surface area (Å²) in [5.74, 6) is -1.52. The second-order valence-corrected chi connectivity index (χ2v) is 3.43. The Labute approximate surface area is 81.3 Å². The lowest BCUT2D eigenvalue weighted by atomic mass is 10.0. The van der Waals surface area contributed by atoms with E-state index < -0.39 is 23.7 Å². The van der Waals surface area contributed by atoms with E-state index in [2.05, 4.69) is 9.78 Å². The summed E-state index contributed by atoms with van der Waals surface area (Å²) in [7, 11) is 0. The van der Waals surface area contributed by atoms with E-state index in [-0.39, 0.29) is 13.0 Å². The van der Waals surface area contributed by atoms with E-state index in [1.165, 1.54) is 0 Å². The molecule has 0 N–H and O–H groups in total. The molecule has 1 aliphatic rings. The van der Waals surface area contributed by atoms with Crippen molar-refractivity contribution in [1.29, 1.82) is 0 Å². The molecule has 0 aromatic rings. The second kappa shape index (κ2) is 4.21. The van der Waals surface area contributed by atoms with Crippen LogP contribution in [0.2, 0.25) is 0 Å². The Morgan fingerprint density at radius 3 is 2.57 bits per heavy atom. The Bertz CT molecular complexity index is 220. The Hall–Kier alpha value is -0.710. The first kappa shape index (κ1) is 11.4. The van der Waals surface area contributed by atoms with Crippen molar-refractivity contribution in [3.63, 3.8) is 0 Å². The number of hydrogen-bond acceptors (Lipinski definition) is 3. The minimum atomic E-state index is -2.45. The monoisotopic (exact) mass is 208 g/mol. The molecule has 1 fully saturated rings. The smallest absolute Gasteiger partial charge is 0.298 e. The summed E-state index contributed by atoms with van der Waals surface area (Å²) in [5.41, 5.74) is -0.997. The van der Waals surface area contributed by atoms with Gasteiger partial charge in [-0.25, -0.2) is 13.6 Å². The molecule has 2 atom stereocenters. The van der Waals surface area contributed by atoms with Gasteiger partial charge < -0.3 is 0 Å². The number of carbonyl (C=O) groups excluding carboxylic acids is 1. The highest BCUT2D eigenvalue weighted by atomic mass is 19.3. The molecule has 0 aromatic carbocycles. The number of alkyl halides is 2. The van der Waals surface area contributed by atoms with Crippen molar-refractivity contribution >= 4 is 5.97 Å². The van der Waals surface area contributed by atoms with Gasteiger partial charge >= 0.3 is 5.97 Å². The van der Waals surface area contributed by atoms with Gasteiger partial charge in [-0.1, -0.05) is 6.92 Å². The van der Waals surface area contributed by atoms with Crippen molar-refractivity contribution in [1.82, 2.24) is 0 Å². The molecule has 82 valence electrons. The van der Waals surface area contributed by atoms with Crippen molar-refractivity contribution in [3.8, 4) is 0 Å². The van der Waals surface area contributed by atoms with Gasteiger partial charge in [-0.2, -0.15) is 4.89 Å². The van der Waals surface area contributed by atoms with Crippen LogP contribution in [0.15, 0.2) is 0 Å². The van der Waals surface area contributed by atoms with Crippen LogP contribution in [-0.4, -0.2) is 19.0 Å². The minimum absolute atomic E-state index is 0.201. The number of hydrogen-bond donors (Lipinski definition) is 0. The van der Waals surface area contributed by atoms with Crippen LogP contribution in [0.25, 0.3) is 0 Å².